The monoisotopic (exact) mass is 302 g/mol. The molecule has 1 rings (SSSR count). The highest BCUT2D eigenvalue weighted by molar-refractivity contribution is 7.90. The van der Waals surface area contributed by atoms with Crippen molar-refractivity contribution >= 4 is 22.0 Å². The number of aliphatic hydroxyl groups is 1. The number of hydrogen-bond donors (Lipinski definition) is 4. The van der Waals surface area contributed by atoms with Crippen molar-refractivity contribution in [3.63, 3.8) is 0 Å². The predicted octanol–water partition coefficient (Wildman–Crippen LogP) is -0.572. The molecular formula is C11H14N2O6S. The Kier molecular flexibility index (Phi) is 5.06. The number of urea groups is 1. The zero-order chi connectivity index (χ0) is 15.3. The third-order valence-electron chi connectivity index (χ3n) is 2.34. The highest BCUT2D eigenvalue weighted by Crippen LogP contribution is 2.09. The van der Waals surface area contributed by atoms with Gasteiger partial charge in [0.1, 0.15) is 0 Å². The molecule has 0 fully saturated rings. The molecule has 2 amide bonds. The van der Waals surface area contributed by atoms with Gasteiger partial charge in [0, 0.05) is 0 Å². The average Bonchev–Trinajstić information content (AvgIpc) is 2.35. The van der Waals surface area contributed by atoms with Crippen LogP contribution < -0.4 is 10.0 Å². The van der Waals surface area contributed by atoms with Crippen molar-refractivity contribution in [3.8, 4) is 0 Å². The van der Waals surface area contributed by atoms with E-state index < -0.39 is 34.7 Å². The van der Waals surface area contributed by atoms with Crippen LogP contribution in [0.15, 0.2) is 29.2 Å². The fourth-order valence-electron chi connectivity index (χ4n) is 1.27. The highest BCUT2D eigenvalue weighted by Gasteiger charge is 2.22. The summed E-state index contributed by atoms with van der Waals surface area (Å²) in [6, 6.07) is 2.92. The number of carbonyl (C=O) groups is 2. The van der Waals surface area contributed by atoms with Gasteiger partial charge in [-0.25, -0.2) is 22.7 Å². The van der Waals surface area contributed by atoms with Crippen molar-refractivity contribution < 1.29 is 28.2 Å². The minimum Gasteiger partial charge on any atom is -0.480 e. The van der Waals surface area contributed by atoms with Gasteiger partial charge >= 0.3 is 12.0 Å². The zero-order valence-corrected chi connectivity index (χ0v) is 11.3. The lowest BCUT2D eigenvalue weighted by Crippen LogP contribution is -2.49. The molecule has 0 saturated carbocycles. The summed E-state index contributed by atoms with van der Waals surface area (Å²) in [4.78, 5) is 21.9. The van der Waals surface area contributed by atoms with Gasteiger partial charge in [0.05, 0.1) is 11.5 Å². The highest BCUT2D eigenvalue weighted by atomic mass is 32.2. The van der Waals surface area contributed by atoms with Crippen molar-refractivity contribution in [2.24, 2.45) is 0 Å². The average molecular weight is 302 g/mol. The molecule has 0 heterocycles. The van der Waals surface area contributed by atoms with E-state index in [1.807, 2.05) is 5.32 Å². The van der Waals surface area contributed by atoms with E-state index in [0.29, 0.717) is 0 Å². The van der Waals surface area contributed by atoms with E-state index in [2.05, 4.69) is 0 Å². The molecule has 0 aromatic heterocycles. The van der Waals surface area contributed by atoms with Gasteiger partial charge < -0.3 is 15.5 Å². The lowest BCUT2D eigenvalue weighted by Gasteiger charge is -2.13. The number of benzene rings is 1. The maximum absolute atomic E-state index is 11.8. The molecule has 20 heavy (non-hydrogen) atoms. The maximum Gasteiger partial charge on any atom is 0.329 e. The van der Waals surface area contributed by atoms with Crippen LogP contribution in [-0.2, 0) is 14.8 Å². The largest absolute Gasteiger partial charge is 0.480 e. The number of hydrogen-bond acceptors (Lipinski definition) is 5. The Balaban J connectivity index is 2.78. The Labute approximate surface area is 115 Å². The number of aryl methyl sites for hydroxylation is 1. The standard InChI is InChI=1S/C11H14N2O6S/c1-7-2-4-8(5-3-7)20(18,19)13-11(17)12-9(6-14)10(15)16/h2-5,9,14H,6H2,1H3,(H,15,16)(H2,12,13,17)/t9-/m1/s1. The molecule has 0 bridgehead atoms. The molecule has 0 radical (unpaired) electrons. The second kappa shape index (κ2) is 6.35. The number of amides is 2. The summed E-state index contributed by atoms with van der Waals surface area (Å²) < 4.78 is 25.3. The van der Waals surface area contributed by atoms with Crippen molar-refractivity contribution in [2.45, 2.75) is 17.9 Å². The Hall–Kier alpha value is -2.13. The molecular weight excluding hydrogens is 288 g/mol. The second-order valence-corrected chi connectivity index (χ2v) is 5.65. The smallest absolute Gasteiger partial charge is 0.329 e. The molecule has 0 spiro atoms. The van der Waals surface area contributed by atoms with Gasteiger partial charge in [-0.1, -0.05) is 17.7 Å². The molecule has 1 atom stereocenters. The minimum atomic E-state index is -4.09. The van der Waals surface area contributed by atoms with Crippen LogP contribution in [0.1, 0.15) is 5.56 Å². The summed E-state index contributed by atoms with van der Waals surface area (Å²) in [6.45, 7) is 0.919. The number of nitrogens with one attached hydrogen (secondary N) is 2. The van der Waals surface area contributed by atoms with E-state index in [4.69, 9.17) is 10.2 Å². The molecule has 0 unspecified atom stereocenters. The number of carboxylic acids is 1. The lowest BCUT2D eigenvalue weighted by atomic mass is 10.2. The van der Waals surface area contributed by atoms with Crippen LogP contribution in [0.3, 0.4) is 0 Å². The van der Waals surface area contributed by atoms with Crippen LogP contribution in [0.4, 0.5) is 4.79 Å². The number of aliphatic hydroxyl groups excluding tert-OH is 1. The molecule has 9 heteroatoms. The number of rotatable bonds is 5. The van der Waals surface area contributed by atoms with Crippen LogP contribution in [0.5, 0.6) is 0 Å². The molecule has 0 saturated heterocycles. The molecule has 1 aromatic carbocycles. The molecule has 1 aromatic rings. The quantitative estimate of drug-likeness (QED) is 0.575. The molecule has 0 aliphatic heterocycles. The zero-order valence-electron chi connectivity index (χ0n) is 10.5. The van der Waals surface area contributed by atoms with E-state index in [9.17, 15) is 18.0 Å². The summed E-state index contributed by atoms with van der Waals surface area (Å²) in [5.41, 5.74) is 0.847. The van der Waals surface area contributed by atoms with Gasteiger partial charge in [-0.05, 0) is 19.1 Å². The van der Waals surface area contributed by atoms with Crippen molar-refractivity contribution in [1.29, 1.82) is 0 Å². The van der Waals surface area contributed by atoms with Crippen LogP contribution >= 0.6 is 0 Å². The first-order chi connectivity index (χ1) is 9.26. The van der Waals surface area contributed by atoms with Crippen LogP contribution in [0.2, 0.25) is 0 Å². The lowest BCUT2D eigenvalue weighted by molar-refractivity contribution is -0.140. The number of carbonyl (C=O) groups excluding carboxylic acids is 1. The van der Waals surface area contributed by atoms with Crippen LogP contribution in [0, 0.1) is 6.92 Å². The molecule has 4 N–H and O–H groups in total. The maximum atomic E-state index is 11.8. The number of carboxylic acid groups (broad SMARTS) is 1. The topological polar surface area (TPSA) is 133 Å². The van der Waals surface area contributed by atoms with E-state index >= 15 is 0 Å². The van der Waals surface area contributed by atoms with Crippen molar-refractivity contribution in [2.75, 3.05) is 6.61 Å². The first kappa shape index (κ1) is 15.9. The van der Waals surface area contributed by atoms with Gasteiger partial charge in [-0.2, -0.15) is 0 Å². The normalized spacial score (nSPS) is 12.5. The van der Waals surface area contributed by atoms with E-state index in [0.717, 1.165) is 5.56 Å². The van der Waals surface area contributed by atoms with Gasteiger partial charge in [0.15, 0.2) is 6.04 Å². The first-order valence-electron chi connectivity index (χ1n) is 5.50. The van der Waals surface area contributed by atoms with Gasteiger partial charge in [-0.3, -0.25) is 0 Å². The predicted molar refractivity (Wildman–Crippen MR) is 68.5 cm³/mol. The summed E-state index contributed by atoms with van der Waals surface area (Å²) in [5.74, 6) is -1.48. The SMILES string of the molecule is Cc1ccc(S(=O)(=O)NC(=O)N[C@H](CO)C(=O)O)cc1. The minimum absolute atomic E-state index is 0.130. The first-order valence-corrected chi connectivity index (χ1v) is 6.98. The third kappa shape index (κ3) is 4.21. The summed E-state index contributed by atoms with van der Waals surface area (Å²) in [7, 11) is -4.09. The molecule has 0 aliphatic rings. The van der Waals surface area contributed by atoms with Crippen LogP contribution in [0.25, 0.3) is 0 Å². The summed E-state index contributed by atoms with van der Waals surface area (Å²) in [5, 5.41) is 19.2. The van der Waals surface area contributed by atoms with E-state index in [1.54, 1.807) is 23.8 Å². The van der Waals surface area contributed by atoms with E-state index in [-0.39, 0.29) is 4.90 Å². The third-order valence-corrected chi connectivity index (χ3v) is 3.69. The Morgan fingerprint density at radius 3 is 2.25 bits per heavy atom. The fourth-order valence-corrected chi connectivity index (χ4v) is 2.19. The molecule has 110 valence electrons. The van der Waals surface area contributed by atoms with Gasteiger partial charge in [0.2, 0.25) is 0 Å². The Morgan fingerprint density at radius 1 is 1.25 bits per heavy atom. The number of sulfonamides is 1. The van der Waals surface area contributed by atoms with Gasteiger partial charge in [-0.15, -0.1) is 0 Å². The van der Waals surface area contributed by atoms with Crippen LogP contribution in [-0.4, -0.2) is 43.3 Å². The molecule has 0 aliphatic carbocycles. The van der Waals surface area contributed by atoms with Crippen molar-refractivity contribution in [1.82, 2.24) is 10.0 Å². The number of aliphatic carboxylic acids is 1. The summed E-state index contributed by atoms with van der Waals surface area (Å²) >= 11 is 0. The van der Waals surface area contributed by atoms with Gasteiger partial charge in [0.25, 0.3) is 10.0 Å². The second-order valence-electron chi connectivity index (χ2n) is 3.97. The van der Waals surface area contributed by atoms with E-state index in [1.165, 1.54) is 12.1 Å². The fraction of sp³-hybridized carbons (Fsp3) is 0.273. The Morgan fingerprint density at radius 2 is 1.80 bits per heavy atom. The Bertz CT molecular complexity index is 596. The van der Waals surface area contributed by atoms with Crippen molar-refractivity contribution in [3.05, 3.63) is 29.8 Å². The molecule has 8 nitrogen and oxygen atoms in total. The summed E-state index contributed by atoms with van der Waals surface area (Å²) in [6.07, 6.45) is 0.